The van der Waals surface area contributed by atoms with Crippen molar-refractivity contribution in [2.75, 3.05) is 6.54 Å². The van der Waals surface area contributed by atoms with Gasteiger partial charge in [-0.25, -0.2) is 4.39 Å². The lowest BCUT2D eigenvalue weighted by molar-refractivity contribution is 0.162. The van der Waals surface area contributed by atoms with E-state index >= 15 is 0 Å². The smallest absolute Gasteiger partial charge is 0.126 e. The SMILES string of the molecule is CC1CCc2c(F)cccc2C1NCC(O)c1ccncc1. The summed E-state index contributed by atoms with van der Waals surface area (Å²) in [7, 11) is 0. The van der Waals surface area contributed by atoms with Crippen LogP contribution in [0.4, 0.5) is 4.39 Å². The summed E-state index contributed by atoms with van der Waals surface area (Å²) in [5.74, 6) is 0.296. The molecule has 1 aromatic heterocycles. The Morgan fingerprint density at radius 2 is 2.09 bits per heavy atom. The van der Waals surface area contributed by atoms with Crippen LogP contribution in [-0.2, 0) is 6.42 Å². The molecule has 3 rings (SSSR count). The highest BCUT2D eigenvalue weighted by Gasteiger charge is 2.28. The predicted molar refractivity (Wildman–Crippen MR) is 83.8 cm³/mol. The zero-order valence-corrected chi connectivity index (χ0v) is 12.7. The number of aliphatic hydroxyl groups excluding tert-OH is 1. The van der Waals surface area contributed by atoms with Gasteiger partial charge in [0.1, 0.15) is 5.82 Å². The van der Waals surface area contributed by atoms with Crippen LogP contribution in [-0.4, -0.2) is 16.6 Å². The van der Waals surface area contributed by atoms with Crippen LogP contribution >= 0.6 is 0 Å². The first-order valence-corrected chi connectivity index (χ1v) is 7.75. The largest absolute Gasteiger partial charge is 0.387 e. The first kappa shape index (κ1) is 15.1. The van der Waals surface area contributed by atoms with Crippen molar-refractivity contribution >= 4 is 0 Å². The number of aliphatic hydroxyl groups is 1. The number of hydrogen-bond donors (Lipinski definition) is 2. The third-order valence-corrected chi connectivity index (χ3v) is 4.53. The van der Waals surface area contributed by atoms with Gasteiger partial charge in [-0.1, -0.05) is 19.1 Å². The van der Waals surface area contributed by atoms with Crippen LogP contribution in [0.2, 0.25) is 0 Å². The third kappa shape index (κ3) is 3.03. The van der Waals surface area contributed by atoms with E-state index in [2.05, 4.69) is 17.2 Å². The van der Waals surface area contributed by atoms with Gasteiger partial charge in [-0.15, -0.1) is 0 Å². The highest BCUT2D eigenvalue weighted by Crippen LogP contribution is 2.35. The van der Waals surface area contributed by atoms with E-state index in [9.17, 15) is 9.50 Å². The van der Waals surface area contributed by atoms with E-state index in [1.54, 1.807) is 18.5 Å². The Bertz CT molecular complexity index is 632. The van der Waals surface area contributed by atoms with Crippen LogP contribution in [0.15, 0.2) is 42.7 Å². The Hall–Kier alpha value is -1.78. The normalized spacial score (nSPS) is 22.1. The number of pyridine rings is 1. The van der Waals surface area contributed by atoms with Crippen LogP contribution in [0.3, 0.4) is 0 Å². The highest BCUT2D eigenvalue weighted by molar-refractivity contribution is 5.34. The first-order chi connectivity index (χ1) is 10.7. The molecule has 0 amide bonds. The fraction of sp³-hybridized carbons (Fsp3) is 0.389. The summed E-state index contributed by atoms with van der Waals surface area (Å²) >= 11 is 0. The molecule has 4 heteroatoms. The topological polar surface area (TPSA) is 45.1 Å². The van der Waals surface area contributed by atoms with Gasteiger partial charge in [0.05, 0.1) is 6.10 Å². The molecule has 0 aliphatic heterocycles. The monoisotopic (exact) mass is 300 g/mol. The lowest BCUT2D eigenvalue weighted by Gasteiger charge is -2.33. The van der Waals surface area contributed by atoms with E-state index in [1.807, 2.05) is 18.2 Å². The Balaban J connectivity index is 1.74. The maximum atomic E-state index is 14.0. The van der Waals surface area contributed by atoms with E-state index in [4.69, 9.17) is 0 Å². The van der Waals surface area contributed by atoms with Gasteiger partial charge < -0.3 is 10.4 Å². The Morgan fingerprint density at radius 3 is 2.86 bits per heavy atom. The molecule has 1 aliphatic carbocycles. The number of nitrogens with zero attached hydrogens (tertiary/aromatic N) is 1. The van der Waals surface area contributed by atoms with Crippen molar-refractivity contribution in [3.05, 3.63) is 65.2 Å². The molecule has 3 unspecified atom stereocenters. The number of aromatic nitrogens is 1. The van der Waals surface area contributed by atoms with E-state index < -0.39 is 6.10 Å². The maximum absolute atomic E-state index is 14.0. The average molecular weight is 300 g/mol. The number of nitrogens with one attached hydrogen (secondary N) is 1. The van der Waals surface area contributed by atoms with Gasteiger partial charge in [-0.3, -0.25) is 4.98 Å². The van der Waals surface area contributed by atoms with Crippen molar-refractivity contribution in [1.82, 2.24) is 10.3 Å². The second-order valence-corrected chi connectivity index (χ2v) is 6.01. The minimum atomic E-state index is -0.589. The molecular formula is C18H21FN2O. The molecule has 1 aromatic carbocycles. The molecule has 0 saturated carbocycles. The lowest BCUT2D eigenvalue weighted by Crippen LogP contribution is -2.34. The fourth-order valence-corrected chi connectivity index (χ4v) is 3.23. The first-order valence-electron chi connectivity index (χ1n) is 7.75. The fourth-order valence-electron chi connectivity index (χ4n) is 3.23. The molecule has 116 valence electrons. The summed E-state index contributed by atoms with van der Waals surface area (Å²) in [4.78, 5) is 3.96. The summed E-state index contributed by atoms with van der Waals surface area (Å²) in [5, 5.41) is 13.7. The zero-order chi connectivity index (χ0) is 15.5. The van der Waals surface area contributed by atoms with Gasteiger partial charge in [0.15, 0.2) is 0 Å². The van der Waals surface area contributed by atoms with Gasteiger partial charge in [0.2, 0.25) is 0 Å². The molecule has 1 aliphatic rings. The van der Waals surface area contributed by atoms with Crippen molar-refractivity contribution in [3.63, 3.8) is 0 Å². The highest BCUT2D eigenvalue weighted by atomic mass is 19.1. The quantitative estimate of drug-likeness (QED) is 0.911. The molecule has 2 N–H and O–H groups in total. The standard InChI is InChI=1S/C18H21FN2O/c1-12-5-6-14-15(3-2-4-16(14)19)18(12)21-11-17(22)13-7-9-20-10-8-13/h2-4,7-10,12,17-18,21-22H,5-6,11H2,1H3. The second-order valence-electron chi connectivity index (χ2n) is 6.01. The van der Waals surface area contributed by atoms with Crippen LogP contribution in [0.1, 0.15) is 42.2 Å². The van der Waals surface area contributed by atoms with Crippen molar-refractivity contribution in [3.8, 4) is 0 Å². The summed E-state index contributed by atoms with van der Waals surface area (Å²) in [6, 6.07) is 8.98. The van der Waals surface area contributed by atoms with Gasteiger partial charge in [-0.2, -0.15) is 0 Å². The molecule has 3 nitrogen and oxygen atoms in total. The third-order valence-electron chi connectivity index (χ3n) is 4.53. The van der Waals surface area contributed by atoms with Gasteiger partial charge in [0.25, 0.3) is 0 Å². The number of benzene rings is 1. The lowest BCUT2D eigenvalue weighted by atomic mass is 9.80. The van der Waals surface area contributed by atoms with Crippen LogP contribution in [0.25, 0.3) is 0 Å². The summed E-state index contributed by atoms with van der Waals surface area (Å²) < 4.78 is 14.0. The average Bonchev–Trinajstić information content (AvgIpc) is 2.54. The zero-order valence-electron chi connectivity index (χ0n) is 12.7. The van der Waals surface area contributed by atoms with Crippen molar-refractivity contribution in [2.24, 2.45) is 5.92 Å². The molecule has 0 spiro atoms. The number of rotatable bonds is 4. The molecule has 0 radical (unpaired) electrons. The maximum Gasteiger partial charge on any atom is 0.126 e. The Kier molecular flexibility index (Phi) is 4.50. The van der Waals surface area contributed by atoms with Crippen LogP contribution in [0.5, 0.6) is 0 Å². The summed E-state index contributed by atoms with van der Waals surface area (Å²) in [5.41, 5.74) is 2.68. The van der Waals surface area contributed by atoms with E-state index in [0.29, 0.717) is 12.5 Å². The van der Waals surface area contributed by atoms with E-state index in [-0.39, 0.29) is 11.9 Å². The van der Waals surface area contributed by atoms with E-state index in [0.717, 1.165) is 29.5 Å². The molecule has 3 atom stereocenters. The Labute approximate surface area is 130 Å². The number of halogens is 1. The molecule has 0 bridgehead atoms. The molecule has 2 aromatic rings. The van der Waals surface area contributed by atoms with E-state index in [1.165, 1.54) is 6.07 Å². The molecule has 22 heavy (non-hydrogen) atoms. The molecule has 0 saturated heterocycles. The molecular weight excluding hydrogens is 279 g/mol. The summed E-state index contributed by atoms with van der Waals surface area (Å²) in [6.45, 7) is 2.61. The van der Waals surface area contributed by atoms with Gasteiger partial charge in [-0.05, 0) is 53.6 Å². The molecule has 0 fully saturated rings. The second kappa shape index (κ2) is 6.55. The predicted octanol–water partition coefficient (Wildman–Crippen LogP) is 3.17. The minimum absolute atomic E-state index is 0.0796. The Morgan fingerprint density at radius 1 is 1.32 bits per heavy atom. The number of hydrogen-bond acceptors (Lipinski definition) is 3. The van der Waals surface area contributed by atoms with Crippen molar-refractivity contribution in [1.29, 1.82) is 0 Å². The number of fused-ring (bicyclic) bond motifs is 1. The van der Waals surface area contributed by atoms with Crippen LogP contribution in [0, 0.1) is 11.7 Å². The minimum Gasteiger partial charge on any atom is -0.387 e. The van der Waals surface area contributed by atoms with Gasteiger partial charge in [0, 0.05) is 25.0 Å². The van der Waals surface area contributed by atoms with Crippen LogP contribution < -0.4 is 5.32 Å². The van der Waals surface area contributed by atoms with Crippen molar-refractivity contribution in [2.45, 2.75) is 31.9 Å². The van der Waals surface area contributed by atoms with Crippen molar-refractivity contribution < 1.29 is 9.50 Å². The molecule has 1 heterocycles. The summed E-state index contributed by atoms with van der Waals surface area (Å²) in [6.07, 6.45) is 4.50. The van der Waals surface area contributed by atoms with Gasteiger partial charge >= 0.3 is 0 Å².